The van der Waals surface area contributed by atoms with Crippen molar-refractivity contribution < 1.29 is 9.84 Å². The summed E-state index contributed by atoms with van der Waals surface area (Å²) in [6, 6.07) is 7.94. The molecule has 0 bridgehead atoms. The van der Waals surface area contributed by atoms with Gasteiger partial charge >= 0.3 is 0 Å². The molecule has 2 N–H and O–H groups in total. The van der Waals surface area contributed by atoms with E-state index >= 15 is 0 Å². The van der Waals surface area contributed by atoms with Crippen LogP contribution in [0.1, 0.15) is 39.7 Å². The van der Waals surface area contributed by atoms with Crippen LogP contribution in [0.3, 0.4) is 0 Å². The number of aromatic hydroxyl groups is 1. The Morgan fingerprint density at radius 3 is 2.65 bits per heavy atom. The third-order valence-electron chi connectivity index (χ3n) is 4.34. The van der Waals surface area contributed by atoms with E-state index in [-0.39, 0.29) is 5.41 Å². The van der Waals surface area contributed by atoms with Crippen molar-refractivity contribution in [3.05, 3.63) is 29.8 Å². The molecule has 0 aliphatic heterocycles. The summed E-state index contributed by atoms with van der Waals surface area (Å²) in [7, 11) is 0. The predicted molar refractivity (Wildman–Crippen MR) is 81.7 cm³/mol. The molecule has 0 saturated heterocycles. The minimum absolute atomic E-state index is 0.152. The quantitative estimate of drug-likeness (QED) is 0.838. The first-order chi connectivity index (χ1) is 9.41. The normalized spacial score (nSPS) is 24.6. The Labute approximate surface area is 122 Å². The van der Waals surface area contributed by atoms with Crippen molar-refractivity contribution in [3.8, 4) is 5.75 Å². The minimum atomic E-state index is 0.152. The van der Waals surface area contributed by atoms with Crippen molar-refractivity contribution in [1.29, 1.82) is 0 Å². The second-order valence-electron chi connectivity index (χ2n) is 6.84. The fourth-order valence-corrected chi connectivity index (χ4v) is 2.72. The monoisotopic (exact) mass is 277 g/mol. The standard InChI is InChI=1S/C17H27NO2/c1-12(2)11-20-16-9-15(17(16,3)4)18-10-13-7-5-6-8-14(13)19/h5-8,12,15-16,18-19H,9-11H2,1-4H3. The number of phenols is 1. The Hall–Kier alpha value is -1.06. The molecule has 0 amide bonds. The average Bonchev–Trinajstić information content (AvgIpc) is 2.38. The van der Waals surface area contributed by atoms with Crippen molar-refractivity contribution in [2.24, 2.45) is 11.3 Å². The zero-order valence-electron chi connectivity index (χ0n) is 13.0. The maximum absolute atomic E-state index is 9.78. The summed E-state index contributed by atoms with van der Waals surface area (Å²) in [5, 5.41) is 13.3. The first-order valence-electron chi connectivity index (χ1n) is 7.53. The second-order valence-corrected chi connectivity index (χ2v) is 6.84. The lowest BCUT2D eigenvalue weighted by atomic mass is 9.64. The fraction of sp³-hybridized carbons (Fsp3) is 0.647. The fourth-order valence-electron chi connectivity index (χ4n) is 2.72. The number of para-hydroxylation sites is 1. The molecular weight excluding hydrogens is 250 g/mol. The number of nitrogens with one attached hydrogen (secondary N) is 1. The minimum Gasteiger partial charge on any atom is -0.508 e. The van der Waals surface area contributed by atoms with Gasteiger partial charge in [-0.25, -0.2) is 0 Å². The number of hydrogen-bond donors (Lipinski definition) is 2. The van der Waals surface area contributed by atoms with Gasteiger partial charge in [-0.1, -0.05) is 45.9 Å². The van der Waals surface area contributed by atoms with E-state index in [9.17, 15) is 5.11 Å². The summed E-state index contributed by atoms with van der Waals surface area (Å²) >= 11 is 0. The van der Waals surface area contributed by atoms with Crippen LogP contribution >= 0.6 is 0 Å². The van der Waals surface area contributed by atoms with Gasteiger partial charge < -0.3 is 15.2 Å². The van der Waals surface area contributed by atoms with Gasteiger partial charge in [0.2, 0.25) is 0 Å². The van der Waals surface area contributed by atoms with Crippen LogP contribution in [0.4, 0.5) is 0 Å². The van der Waals surface area contributed by atoms with Crippen LogP contribution in [0.15, 0.2) is 24.3 Å². The molecule has 2 unspecified atom stereocenters. The van der Waals surface area contributed by atoms with Crippen molar-refractivity contribution in [2.75, 3.05) is 6.61 Å². The highest BCUT2D eigenvalue weighted by atomic mass is 16.5. The topological polar surface area (TPSA) is 41.5 Å². The molecule has 2 atom stereocenters. The van der Waals surface area contributed by atoms with Gasteiger partial charge in [0.15, 0.2) is 0 Å². The molecule has 3 heteroatoms. The van der Waals surface area contributed by atoms with E-state index < -0.39 is 0 Å². The van der Waals surface area contributed by atoms with Gasteiger partial charge in [-0.15, -0.1) is 0 Å². The van der Waals surface area contributed by atoms with Crippen LogP contribution in [0.25, 0.3) is 0 Å². The first-order valence-corrected chi connectivity index (χ1v) is 7.53. The van der Waals surface area contributed by atoms with Gasteiger partial charge in [-0.3, -0.25) is 0 Å². The largest absolute Gasteiger partial charge is 0.508 e. The number of hydrogen-bond acceptors (Lipinski definition) is 3. The maximum atomic E-state index is 9.78. The van der Waals surface area contributed by atoms with Crippen LogP contribution in [-0.2, 0) is 11.3 Å². The first kappa shape index (κ1) is 15.3. The van der Waals surface area contributed by atoms with Gasteiger partial charge in [0.05, 0.1) is 6.10 Å². The molecule has 0 aromatic heterocycles. The molecule has 1 saturated carbocycles. The van der Waals surface area contributed by atoms with Crippen LogP contribution in [0.5, 0.6) is 5.75 Å². The third kappa shape index (κ3) is 3.33. The third-order valence-corrected chi connectivity index (χ3v) is 4.34. The summed E-state index contributed by atoms with van der Waals surface area (Å²) in [6.07, 6.45) is 1.39. The Bertz CT molecular complexity index is 442. The Morgan fingerprint density at radius 1 is 1.35 bits per heavy atom. The number of benzene rings is 1. The molecule has 1 fully saturated rings. The summed E-state index contributed by atoms with van der Waals surface area (Å²) in [5.41, 5.74) is 1.11. The molecule has 3 nitrogen and oxygen atoms in total. The maximum Gasteiger partial charge on any atom is 0.120 e. The van der Waals surface area contributed by atoms with Gasteiger partial charge in [-0.2, -0.15) is 0 Å². The highest BCUT2D eigenvalue weighted by Gasteiger charge is 2.48. The summed E-state index contributed by atoms with van der Waals surface area (Å²) in [4.78, 5) is 0. The average molecular weight is 277 g/mol. The molecule has 1 aliphatic carbocycles. The lowest BCUT2D eigenvalue weighted by Crippen LogP contribution is -2.60. The second kappa shape index (κ2) is 6.15. The van der Waals surface area contributed by atoms with Crippen molar-refractivity contribution in [3.63, 3.8) is 0 Å². The van der Waals surface area contributed by atoms with Crippen LogP contribution in [0.2, 0.25) is 0 Å². The molecule has 1 aromatic rings. The summed E-state index contributed by atoms with van der Waals surface area (Å²) < 4.78 is 5.97. The Balaban J connectivity index is 1.82. The molecular formula is C17H27NO2. The number of ether oxygens (including phenoxy) is 1. The Morgan fingerprint density at radius 2 is 2.05 bits per heavy atom. The highest BCUT2D eigenvalue weighted by Crippen LogP contribution is 2.43. The van der Waals surface area contributed by atoms with E-state index in [0.717, 1.165) is 18.6 Å². The van der Waals surface area contributed by atoms with E-state index in [1.807, 2.05) is 18.2 Å². The van der Waals surface area contributed by atoms with E-state index in [2.05, 4.69) is 33.0 Å². The zero-order valence-corrected chi connectivity index (χ0v) is 13.0. The lowest BCUT2D eigenvalue weighted by Gasteiger charge is -2.52. The van der Waals surface area contributed by atoms with Gasteiger partial charge in [-0.05, 0) is 18.4 Å². The van der Waals surface area contributed by atoms with E-state index in [1.165, 1.54) is 0 Å². The number of rotatable bonds is 6. The van der Waals surface area contributed by atoms with Crippen molar-refractivity contribution >= 4 is 0 Å². The van der Waals surface area contributed by atoms with Gasteiger partial charge in [0, 0.05) is 30.2 Å². The molecule has 0 radical (unpaired) electrons. The van der Waals surface area contributed by atoms with Crippen molar-refractivity contribution in [1.82, 2.24) is 5.32 Å². The zero-order chi connectivity index (χ0) is 14.8. The van der Waals surface area contributed by atoms with Crippen LogP contribution in [-0.4, -0.2) is 23.9 Å². The van der Waals surface area contributed by atoms with Gasteiger partial charge in [0.1, 0.15) is 5.75 Å². The SMILES string of the molecule is CC(C)COC1CC(NCc2ccccc2O)C1(C)C. The van der Waals surface area contributed by atoms with Crippen LogP contribution < -0.4 is 5.32 Å². The molecule has 20 heavy (non-hydrogen) atoms. The van der Waals surface area contributed by atoms with Crippen LogP contribution in [0, 0.1) is 11.3 Å². The Kier molecular flexibility index (Phi) is 4.71. The van der Waals surface area contributed by atoms with Gasteiger partial charge in [0.25, 0.3) is 0 Å². The van der Waals surface area contributed by atoms with E-state index in [4.69, 9.17) is 4.74 Å². The lowest BCUT2D eigenvalue weighted by molar-refractivity contribution is -0.124. The highest BCUT2D eigenvalue weighted by molar-refractivity contribution is 5.31. The van der Waals surface area contributed by atoms with E-state index in [0.29, 0.717) is 30.4 Å². The molecule has 2 rings (SSSR count). The predicted octanol–water partition coefficient (Wildman–Crippen LogP) is 3.32. The molecule has 0 spiro atoms. The number of phenolic OH excluding ortho intramolecular Hbond substituents is 1. The smallest absolute Gasteiger partial charge is 0.120 e. The molecule has 112 valence electrons. The summed E-state index contributed by atoms with van der Waals surface area (Å²) in [5.74, 6) is 0.948. The molecule has 1 aromatic carbocycles. The van der Waals surface area contributed by atoms with Crippen molar-refractivity contribution in [2.45, 2.75) is 52.8 Å². The van der Waals surface area contributed by atoms with E-state index in [1.54, 1.807) is 6.07 Å². The molecule has 0 heterocycles. The summed E-state index contributed by atoms with van der Waals surface area (Å²) in [6.45, 7) is 10.4. The molecule has 1 aliphatic rings.